The van der Waals surface area contributed by atoms with Crippen molar-refractivity contribution in [2.24, 2.45) is 0 Å². The van der Waals surface area contributed by atoms with Gasteiger partial charge in [-0.2, -0.15) is 5.10 Å². The van der Waals surface area contributed by atoms with E-state index in [0.29, 0.717) is 12.3 Å². The molecule has 0 aliphatic carbocycles. The molecule has 0 saturated carbocycles. The van der Waals surface area contributed by atoms with Crippen LogP contribution in [0.1, 0.15) is 12.1 Å². The Hall–Kier alpha value is -2.30. The zero-order valence-electron chi connectivity index (χ0n) is 10.0. The fourth-order valence-electron chi connectivity index (χ4n) is 1.57. The molecule has 0 fully saturated rings. The Morgan fingerprint density at radius 3 is 2.78 bits per heavy atom. The predicted molar refractivity (Wildman–Crippen MR) is 65.7 cm³/mol. The van der Waals surface area contributed by atoms with Crippen molar-refractivity contribution >= 4 is 5.97 Å². The van der Waals surface area contributed by atoms with Crippen molar-refractivity contribution in [2.45, 2.75) is 19.9 Å². The molecule has 94 valence electrons. The second kappa shape index (κ2) is 5.35. The largest absolute Gasteiger partial charge is 0.481 e. The minimum absolute atomic E-state index is 0.0489. The van der Waals surface area contributed by atoms with Gasteiger partial charge in [0.15, 0.2) is 5.75 Å². The quantitative estimate of drug-likeness (QED) is 0.880. The summed E-state index contributed by atoms with van der Waals surface area (Å²) in [6.07, 6.45) is 1.65. The number of hydrogen-bond acceptors (Lipinski definition) is 3. The SMILES string of the molecule is Cc1c(Oc2ccccc2)cnn1CCC(=O)O. The van der Waals surface area contributed by atoms with Gasteiger partial charge >= 0.3 is 5.97 Å². The monoisotopic (exact) mass is 246 g/mol. The maximum absolute atomic E-state index is 10.5. The van der Waals surface area contributed by atoms with E-state index in [9.17, 15) is 4.79 Å². The normalized spacial score (nSPS) is 10.3. The number of hydrogen-bond donors (Lipinski definition) is 1. The van der Waals surface area contributed by atoms with Gasteiger partial charge < -0.3 is 9.84 Å². The Labute approximate surface area is 105 Å². The molecule has 18 heavy (non-hydrogen) atoms. The Kier molecular flexibility index (Phi) is 3.62. The number of carboxylic acid groups (broad SMARTS) is 1. The third-order valence-electron chi connectivity index (χ3n) is 2.57. The first-order valence-corrected chi connectivity index (χ1v) is 5.64. The first kappa shape index (κ1) is 12.2. The van der Waals surface area contributed by atoms with Crippen molar-refractivity contribution in [1.82, 2.24) is 9.78 Å². The topological polar surface area (TPSA) is 64.4 Å². The van der Waals surface area contributed by atoms with Crippen molar-refractivity contribution in [3.63, 3.8) is 0 Å². The van der Waals surface area contributed by atoms with Crippen LogP contribution in [-0.4, -0.2) is 20.9 Å². The van der Waals surface area contributed by atoms with Crippen molar-refractivity contribution < 1.29 is 14.6 Å². The Morgan fingerprint density at radius 2 is 2.11 bits per heavy atom. The van der Waals surface area contributed by atoms with E-state index in [1.165, 1.54) is 0 Å². The fourth-order valence-corrected chi connectivity index (χ4v) is 1.57. The summed E-state index contributed by atoms with van der Waals surface area (Å²) < 4.78 is 7.30. The lowest BCUT2D eigenvalue weighted by Crippen LogP contribution is -2.07. The minimum Gasteiger partial charge on any atom is -0.481 e. The van der Waals surface area contributed by atoms with Gasteiger partial charge in [-0.15, -0.1) is 0 Å². The number of carboxylic acids is 1. The molecule has 2 aromatic rings. The maximum Gasteiger partial charge on any atom is 0.305 e. The lowest BCUT2D eigenvalue weighted by Gasteiger charge is -2.05. The van der Waals surface area contributed by atoms with E-state index >= 15 is 0 Å². The summed E-state index contributed by atoms with van der Waals surface area (Å²) in [6.45, 7) is 2.20. The van der Waals surface area contributed by atoms with E-state index in [-0.39, 0.29) is 6.42 Å². The molecular weight excluding hydrogens is 232 g/mol. The minimum atomic E-state index is -0.838. The molecule has 5 nitrogen and oxygen atoms in total. The van der Waals surface area contributed by atoms with E-state index in [0.717, 1.165) is 11.4 Å². The number of rotatable bonds is 5. The van der Waals surface area contributed by atoms with Crippen molar-refractivity contribution in [3.8, 4) is 11.5 Å². The van der Waals surface area contributed by atoms with Crippen LogP contribution in [-0.2, 0) is 11.3 Å². The molecular formula is C13H14N2O3. The van der Waals surface area contributed by atoms with Crippen LogP contribution in [0.3, 0.4) is 0 Å². The predicted octanol–water partition coefficient (Wildman–Crippen LogP) is 2.46. The molecule has 0 atom stereocenters. The van der Waals surface area contributed by atoms with Gasteiger partial charge in [0.1, 0.15) is 5.75 Å². The molecule has 1 N–H and O–H groups in total. The molecule has 0 aliphatic rings. The van der Waals surface area contributed by atoms with Gasteiger partial charge in [0.05, 0.1) is 24.9 Å². The standard InChI is InChI=1S/C13H14N2O3/c1-10-12(18-11-5-3-2-4-6-11)9-14-15(10)8-7-13(16)17/h2-6,9H,7-8H2,1H3,(H,16,17). The summed E-state index contributed by atoms with van der Waals surface area (Å²) in [6, 6.07) is 9.40. The first-order chi connectivity index (χ1) is 8.66. The second-order valence-corrected chi connectivity index (χ2v) is 3.88. The molecule has 1 aromatic heterocycles. The summed E-state index contributed by atoms with van der Waals surface area (Å²) in [7, 11) is 0. The molecule has 0 bridgehead atoms. The molecule has 0 radical (unpaired) electrons. The average molecular weight is 246 g/mol. The Morgan fingerprint density at radius 1 is 1.39 bits per heavy atom. The molecule has 0 unspecified atom stereocenters. The fraction of sp³-hybridized carbons (Fsp3) is 0.231. The van der Waals surface area contributed by atoms with Crippen LogP contribution >= 0.6 is 0 Å². The number of carbonyl (C=O) groups is 1. The zero-order chi connectivity index (χ0) is 13.0. The summed E-state index contributed by atoms with van der Waals surface area (Å²) in [5.41, 5.74) is 0.820. The molecule has 1 aromatic carbocycles. The van der Waals surface area contributed by atoms with Crippen molar-refractivity contribution in [2.75, 3.05) is 0 Å². The molecule has 0 aliphatic heterocycles. The Balaban J connectivity index is 2.08. The molecule has 5 heteroatoms. The third kappa shape index (κ3) is 2.88. The van der Waals surface area contributed by atoms with E-state index in [2.05, 4.69) is 5.10 Å². The van der Waals surface area contributed by atoms with Gasteiger partial charge in [-0.05, 0) is 19.1 Å². The second-order valence-electron chi connectivity index (χ2n) is 3.88. The van der Waals surface area contributed by atoms with Crippen LogP contribution in [0.5, 0.6) is 11.5 Å². The maximum atomic E-state index is 10.5. The lowest BCUT2D eigenvalue weighted by molar-refractivity contribution is -0.137. The number of aliphatic carboxylic acids is 1. The molecule has 2 rings (SSSR count). The highest BCUT2D eigenvalue weighted by atomic mass is 16.5. The average Bonchev–Trinajstić information content (AvgIpc) is 2.70. The zero-order valence-corrected chi connectivity index (χ0v) is 10.0. The highest BCUT2D eigenvalue weighted by molar-refractivity contribution is 5.66. The highest BCUT2D eigenvalue weighted by Crippen LogP contribution is 2.24. The molecule has 0 spiro atoms. The molecule has 1 heterocycles. The summed E-state index contributed by atoms with van der Waals surface area (Å²) in [5.74, 6) is 0.542. The highest BCUT2D eigenvalue weighted by Gasteiger charge is 2.09. The molecule has 0 saturated heterocycles. The number of aryl methyl sites for hydroxylation is 1. The van der Waals surface area contributed by atoms with Gasteiger partial charge in [0.2, 0.25) is 0 Å². The van der Waals surface area contributed by atoms with Gasteiger partial charge in [0.25, 0.3) is 0 Å². The first-order valence-electron chi connectivity index (χ1n) is 5.64. The van der Waals surface area contributed by atoms with Crippen LogP contribution < -0.4 is 4.74 Å². The van der Waals surface area contributed by atoms with Crippen LogP contribution in [0, 0.1) is 6.92 Å². The van der Waals surface area contributed by atoms with E-state index in [1.807, 2.05) is 37.3 Å². The lowest BCUT2D eigenvalue weighted by atomic mass is 10.3. The van der Waals surface area contributed by atoms with Crippen LogP contribution in [0.2, 0.25) is 0 Å². The van der Waals surface area contributed by atoms with Crippen molar-refractivity contribution in [1.29, 1.82) is 0 Å². The summed E-state index contributed by atoms with van der Waals surface area (Å²) in [5, 5.41) is 12.7. The number of aromatic nitrogens is 2. The van der Waals surface area contributed by atoms with E-state index < -0.39 is 5.97 Å². The third-order valence-corrected chi connectivity index (χ3v) is 2.57. The van der Waals surface area contributed by atoms with Crippen LogP contribution in [0.4, 0.5) is 0 Å². The summed E-state index contributed by atoms with van der Waals surface area (Å²) in [4.78, 5) is 10.5. The van der Waals surface area contributed by atoms with E-state index in [1.54, 1.807) is 10.9 Å². The number of ether oxygens (including phenoxy) is 1. The Bertz CT molecular complexity index is 534. The summed E-state index contributed by atoms with van der Waals surface area (Å²) >= 11 is 0. The number of nitrogens with zero attached hydrogens (tertiary/aromatic N) is 2. The smallest absolute Gasteiger partial charge is 0.305 e. The number of benzene rings is 1. The van der Waals surface area contributed by atoms with Crippen LogP contribution in [0.15, 0.2) is 36.5 Å². The van der Waals surface area contributed by atoms with Gasteiger partial charge in [-0.3, -0.25) is 9.48 Å². The van der Waals surface area contributed by atoms with E-state index in [4.69, 9.17) is 9.84 Å². The number of para-hydroxylation sites is 1. The molecule has 0 amide bonds. The van der Waals surface area contributed by atoms with Gasteiger partial charge in [-0.25, -0.2) is 0 Å². The van der Waals surface area contributed by atoms with Gasteiger partial charge in [-0.1, -0.05) is 18.2 Å². The van der Waals surface area contributed by atoms with Gasteiger partial charge in [0, 0.05) is 0 Å². The van der Waals surface area contributed by atoms with Crippen LogP contribution in [0.25, 0.3) is 0 Å². The van der Waals surface area contributed by atoms with Crippen molar-refractivity contribution in [3.05, 3.63) is 42.2 Å².